The lowest BCUT2D eigenvalue weighted by atomic mass is 10.1. The third-order valence-corrected chi connectivity index (χ3v) is 6.32. The van der Waals surface area contributed by atoms with Gasteiger partial charge in [-0.15, -0.1) is 0 Å². The van der Waals surface area contributed by atoms with Gasteiger partial charge in [0.2, 0.25) is 0 Å². The van der Waals surface area contributed by atoms with Crippen molar-refractivity contribution < 1.29 is 14.3 Å². The van der Waals surface area contributed by atoms with Crippen LogP contribution in [0.15, 0.2) is 18.2 Å². The molecule has 0 saturated heterocycles. The first-order valence-electron chi connectivity index (χ1n) is 9.45. The van der Waals surface area contributed by atoms with Crippen molar-refractivity contribution in [3.63, 3.8) is 0 Å². The van der Waals surface area contributed by atoms with E-state index >= 15 is 0 Å². The van der Waals surface area contributed by atoms with Gasteiger partial charge in [-0.3, -0.25) is 4.57 Å². The van der Waals surface area contributed by atoms with Crippen molar-refractivity contribution in [2.75, 3.05) is 27.7 Å². The Morgan fingerprint density at radius 1 is 1.19 bits per heavy atom. The van der Waals surface area contributed by atoms with Crippen LogP contribution in [0.2, 0.25) is 19.6 Å². The molecule has 2 rings (SSSR count). The summed E-state index contributed by atoms with van der Waals surface area (Å²) >= 11 is 0. The van der Waals surface area contributed by atoms with Gasteiger partial charge < -0.3 is 14.4 Å². The van der Waals surface area contributed by atoms with Gasteiger partial charge in [-0.25, -0.2) is 4.79 Å². The third-order valence-electron chi connectivity index (χ3n) is 4.37. The topological polar surface area (TPSA) is 43.7 Å². The van der Waals surface area contributed by atoms with Crippen LogP contribution >= 0.6 is 0 Å². The number of aromatic nitrogens is 1. The van der Waals surface area contributed by atoms with Gasteiger partial charge in [0.15, 0.2) is 0 Å². The van der Waals surface area contributed by atoms with Gasteiger partial charge in [0, 0.05) is 17.2 Å². The molecular formula is C21H34N2O3Si. The first-order valence-corrected chi connectivity index (χ1v) is 13.0. The summed E-state index contributed by atoms with van der Waals surface area (Å²) in [6, 6.07) is 5.89. The molecule has 0 N–H and O–H groups in total. The van der Waals surface area contributed by atoms with E-state index in [2.05, 4.69) is 38.6 Å². The van der Waals surface area contributed by atoms with Crippen molar-refractivity contribution in [2.45, 2.75) is 52.4 Å². The highest BCUT2D eigenvalue weighted by molar-refractivity contribution is 6.89. The van der Waals surface area contributed by atoms with E-state index in [-0.39, 0.29) is 6.09 Å². The second-order valence-electron chi connectivity index (χ2n) is 9.30. The summed E-state index contributed by atoms with van der Waals surface area (Å²) in [4.78, 5) is 15.4. The fourth-order valence-electron chi connectivity index (χ4n) is 3.42. The number of rotatable bonds is 5. The Morgan fingerprint density at radius 2 is 1.81 bits per heavy atom. The summed E-state index contributed by atoms with van der Waals surface area (Å²) in [6.07, 6.45) is 0.550. The number of carbonyl (C=O) groups is 1. The number of hydrogen-bond acceptors (Lipinski definition) is 4. The Balaban J connectivity index is 2.85. The van der Waals surface area contributed by atoms with E-state index in [0.717, 1.165) is 34.9 Å². The lowest BCUT2D eigenvalue weighted by Crippen LogP contribution is -2.48. The van der Waals surface area contributed by atoms with Crippen LogP contribution < -0.4 is 10.1 Å². The minimum atomic E-state index is -1.86. The molecule has 27 heavy (non-hydrogen) atoms. The molecule has 1 aromatic carbocycles. The van der Waals surface area contributed by atoms with E-state index in [0.29, 0.717) is 0 Å². The molecule has 0 aliphatic rings. The lowest BCUT2D eigenvalue weighted by Gasteiger charge is -2.25. The average Bonchev–Trinajstić information content (AvgIpc) is 2.85. The van der Waals surface area contributed by atoms with Crippen molar-refractivity contribution >= 4 is 30.4 Å². The summed E-state index contributed by atoms with van der Waals surface area (Å²) in [5, 5.41) is 2.16. The SMILES string of the molecule is COc1cccc2c1c(CCN(C)C)c([Si](C)(C)C)n2C(=O)OC(C)(C)C. The number of fused-ring (bicyclic) bond motifs is 1. The average molecular weight is 391 g/mol. The van der Waals surface area contributed by atoms with Gasteiger partial charge in [0.25, 0.3) is 0 Å². The molecule has 1 aromatic heterocycles. The van der Waals surface area contributed by atoms with E-state index in [1.807, 2.05) is 39.0 Å². The van der Waals surface area contributed by atoms with Crippen molar-refractivity contribution in [1.29, 1.82) is 0 Å². The molecule has 1 heterocycles. The lowest BCUT2D eigenvalue weighted by molar-refractivity contribution is 0.0548. The van der Waals surface area contributed by atoms with E-state index in [1.54, 1.807) is 11.7 Å². The second kappa shape index (κ2) is 7.68. The molecule has 5 nitrogen and oxygen atoms in total. The van der Waals surface area contributed by atoms with Crippen LogP contribution in [0.5, 0.6) is 5.75 Å². The molecule has 0 radical (unpaired) electrons. The Morgan fingerprint density at radius 3 is 2.30 bits per heavy atom. The molecule has 2 aromatic rings. The molecule has 0 aliphatic heterocycles. The first-order chi connectivity index (χ1) is 12.4. The number of benzene rings is 1. The van der Waals surface area contributed by atoms with Gasteiger partial charge in [0.05, 0.1) is 20.7 Å². The van der Waals surface area contributed by atoms with Crippen LogP contribution in [0.3, 0.4) is 0 Å². The highest BCUT2D eigenvalue weighted by atomic mass is 28.3. The summed E-state index contributed by atoms with van der Waals surface area (Å²) < 4.78 is 13.3. The highest BCUT2D eigenvalue weighted by Crippen LogP contribution is 2.32. The Bertz CT molecular complexity index is 827. The number of likely N-dealkylation sites (N-methyl/N-ethyl adjacent to an activating group) is 1. The van der Waals surface area contributed by atoms with Crippen molar-refractivity contribution in [3.8, 4) is 5.75 Å². The van der Waals surface area contributed by atoms with Crippen molar-refractivity contribution in [1.82, 2.24) is 9.47 Å². The quantitative estimate of drug-likeness (QED) is 0.722. The highest BCUT2D eigenvalue weighted by Gasteiger charge is 2.33. The fourth-order valence-corrected chi connectivity index (χ4v) is 5.46. The number of ether oxygens (including phenoxy) is 2. The number of hydrogen-bond donors (Lipinski definition) is 0. The largest absolute Gasteiger partial charge is 0.496 e. The zero-order chi connectivity index (χ0) is 20.6. The van der Waals surface area contributed by atoms with E-state index in [1.165, 1.54) is 5.56 Å². The molecule has 0 atom stereocenters. The zero-order valence-electron chi connectivity index (χ0n) is 18.3. The van der Waals surface area contributed by atoms with Crippen LogP contribution in [-0.2, 0) is 11.2 Å². The van der Waals surface area contributed by atoms with E-state index in [4.69, 9.17) is 9.47 Å². The summed E-state index contributed by atoms with van der Waals surface area (Å²) in [7, 11) is 3.96. The van der Waals surface area contributed by atoms with Crippen LogP contribution in [0.4, 0.5) is 4.79 Å². The van der Waals surface area contributed by atoms with Gasteiger partial charge in [-0.2, -0.15) is 0 Å². The molecule has 0 fully saturated rings. The maximum Gasteiger partial charge on any atom is 0.418 e. The van der Waals surface area contributed by atoms with Crippen molar-refractivity contribution in [3.05, 3.63) is 23.8 Å². The Kier molecular flexibility index (Phi) is 6.12. The van der Waals surface area contributed by atoms with Crippen LogP contribution in [0, 0.1) is 0 Å². The smallest absolute Gasteiger partial charge is 0.418 e. The monoisotopic (exact) mass is 390 g/mol. The third kappa shape index (κ3) is 4.74. The fraction of sp³-hybridized carbons (Fsp3) is 0.571. The predicted molar refractivity (Wildman–Crippen MR) is 115 cm³/mol. The van der Waals surface area contributed by atoms with Gasteiger partial charge in [-0.1, -0.05) is 25.7 Å². The normalized spacial score (nSPS) is 12.7. The van der Waals surface area contributed by atoms with Crippen LogP contribution in [0.1, 0.15) is 26.3 Å². The molecule has 150 valence electrons. The zero-order valence-corrected chi connectivity index (χ0v) is 19.3. The van der Waals surface area contributed by atoms with Gasteiger partial charge >= 0.3 is 6.09 Å². The van der Waals surface area contributed by atoms with Gasteiger partial charge in [-0.05, 0) is 59.0 Å². The van der Waals surface area contributed by atoms with Crippen molar-refractivity contribution in [2.24, 2.45) is 0 Å². The van der Waals surface area contributed by atoms with E-state index < -0.39 is 13.7 Å². The molecular weight excluding hydrogens is 356 g/mol. The first kappa shape index (κ1) is 21.5. The van der Waals surface area contributed by atoms with Gasteiger partial charge in [0.1, 0.15) is 11.4 Å². The maximum atomic E-state index is 13.2. The second-order valence-corrected chi connectivity index (χ2v) is 14.3. The Labute approximate surface area is 164 Å². The molecule has 0 unspecified atom stereocenters. The summed E-state index contributed by atoms with van der Waals surface area (Å²) in [5.74, 6) is 0.808. The number of methoxy groups -OCH3 is 1. The standard InChI is InChI=1S/C21H34N2O3Si/c1-21(2,3)26-20(24)23-16-11-10-12-17(25-6)18(16)15(13-14-22(4)5)19(23)27(7,8)9/h10-12H,13-14H2,1-9H3. The molecule has 0 spiro atoms. The maximum absolute atomic E-state index is 13.2. The molecule has 0 saturated carbocycles. The minimum Gasteiger partial charge on any atom is -0.496 e. The number of nitrogens with zero attached hydrogens (tertiary/aromatic N) is 2. The predicted octanol–water partition coefficient (Wildman–Crippen LogP) is 4.08. The summed E-state index contributed by atoms with van der Waals surface area (Å²) in [5.41, 5.74) is 1.53. The van der Waals surface area contributed by atoms with E-state index in [9.17, 15) is 4.79 Å². The number of carbonyl (C=O) groups excluding carboxylic acids is 1. The molecule has 6 heteroatoms. The molecule has 0 bridgehead atoms. The summed E-state index contributed by atoms with van der Waals surface area (Å²) in [6.45, 7) is 13.4. The minimum absolute atomic E-state index is 0.311. The van der Waals surface area contributed by atoms with Crippen LogP contribution in [-0.4, -0.2) is 57.0 Å². The Hall–Kier alpha value is -1.79. The molecule has 0 amide bonds. The molecule has 0 aliphatic carbocycles. The van der Waals surface area contributed by atoms with Crippen LogP contribution in [0.25, 0.3) is 10.9 Å².